The van der Waals surface area contributed by atoms with Gasteiger partial charge in [0.2, 0.25) is 0 Å². The van der Waals surface area contributed by atoms with Crippen LogP contribution in [0.5, 0.6) is 5.75 Å². The molecule has 0 aliphatic carbocycles. The second-order valence-corrected chi connectivity index (χ2v) is 3.03. The summed E-state index contributed by atoms with van der Waals surface area (Å²) in [5.41, 5.74) is 1.91. The molecular formula is C10H11FO. The highest BCUT2D eigenvalue weighted by Crippen LogP contribution is 2.25. The predicted molar refractivity (Wildman–Crippen MR) is 45.1 cm³/mol. The summed E-state index contributed by atoms with van der Waals surface area (Å²) in [6.45, 7) is 0.360. The van der Waals surface area contributed by atoms with E-state index < -0.39 is 6.67 Å². The summed E-state index contributed by atoms with van der Waals surface area (Å²) in [5, 5.41) is 0. The van der Waals surface area contributed by atoms with Crippen LogP contribution in [0.2, 0.25) is 0 Å². The molecule has 1 heterocycles. The van der Waals surface area contributed by atoms with E-state index >= 15 is 0 Å². The molecule has 0 aromatic heterocycles. The molecule has 1 aromatic carbocycles. The van der Waals surface area contributed by atoms with Crippen molar-refractivity contribution in [1.29, 1.82) is 0 Å². The minimum atomic E-state index is -0.406. The van der Waals surface area contributed by atoms with Gasteiger partial charge in [0.05, 0.1) is 6.61 Å². The van der Waals surface area contributed by atoms with Gasteiger partial charge in [0.15, 0.2) is 0 Å². The highest BCUT2D eigenvalue weighted by molar-refractivity contribution is 5.38. The van der Waals surface area contributed by atoms with Crippen molar-refractivity contribution in [2.45, 2.75) is 19.5 Å². The molecule has 1 aliphatic heterocycles. The van der Waals surface area contributed by atoms with Crippen molar-refractivity contribution in [2.75, 3.05) is 6.61 Å². The second kappa shape index (κ2) is 3.13. The van der Waals surface area contributed by atoms with Gasteiger partial charge in [-0.1, -0.05) is 12.1 Å². The monoisotopic (exact) mass is 166 g/mol. The van der Waals surface area contributed by atoms with Crippen LogP contribution in [0, 0.1) is 0 Å². The molecule has 1 aromatic rings. The zero-order valence-corrected chi connectivity index (χ0v) is 6.85. The SMILES string of the molecule is FCc1ccc2c(c1)OCCC2. The number of hydrogen-bond acceptors (Lipinski definition) is 1. The van der Waals surface area contributed by atoms with Gasteiger partial charge in [0.1, 0.15) is 12.4 Å². The third kappa shape index (κ3) is 1.29. The van der Waals surface area contributed by atoms with E-state index in [1.165, 1.54) is 5.56 Å². The number of halogens is 1. The summed E-state index contributed by atoms with van der Waals surface area (Å²) >= 11 is 0. The van der Waals surface area contributed by atoms with Crippen molar-refractivity contribution in [3.05, 3.63) is 29.3 Å². The Balaban J connectivity index is 2.36. The van der Waals surface area contributed by atoms with Crippen LogP contribution in [0.1, 0.15) is 17.5 Å². The largest absolute Gasteiger partial charge is 0.493 e. The molecule has 0 saturated carbocycles. The van der Waals surface area contributed by atoms with Crippen LogP contribution < -0.4 is 4.74 Å². The van der Waals surface area contributed by atoms with Crippen molar-refractivity contribution in [3.63, 3.8) is 0 Å². The number of aryl methyl sites for hydroxylation is 1. The molecule has 2 heteroatoms. The van der Waals surface area contributed by atoms with E-state index in [4.69, 9.17) is 4.74 Å². The molecule has 1 aliphatic rings. The van der Waals surface area contributed by atoms with Crippen molar-refractivity contribution in [2.24, 2.45) is 0 Å². The third-order valence-corrected chi connectivity index (χ3v) is 2.13. The molecule has 64 valence electrons. The third-order valence-electron chi connectivity index (χ3n) is 2.13. The van der Waals surface area contributed by atoms with Gasteiger partial charge in [-0.15, -0.1) is 0 Å². The first kappa shape index (κ1) is 7.59. The summed E-state index contributed by atoms with van der Waals surface area (Å²) < 4.78 is 17.6. The van der Waals surface area contributed by atoms with E-state index in [0.717, 1.165) is 25.2 Å². The predicted octanol–water partition coefficient (Wildman–Crippen LogP) is 2.48. The fraction of sp³-hybridized carbons (Fsp3) is 0.400. The molecule has 0 bridgehead atoms. The number of benzene rings is 1. The maximum absolute atomic E-state index is 12.2. The Morgan fingerprint density at radius 3 is 3.17 bits per heavy atom. The Bertz CT molecular complexity index is 283. The quantitative estimate of drug-likeness (QED) is 0.622. The minimum absolute atomic E-state index is 0.406. The smallest absolute Gasteiger partial charge is 0.122 e. The van der Waals surface area contributed by atoms with E-state index in [0.29, 0.717) is 5.56 Å². The Hall–Kier alpha value is -1.05. The first-order valence-electron chi connectivity index (χ1n) is 4.21. The molecule has 12 heavy (non-hydrogen) atoms. The number of ether oxygens (including phenoxy) is 1. The van der Waals surface area contributed by atoms with E-state index in [-0.39, 0.29) is 0 Å². The van der Waals surface area contributed by atoms with Crippen molar-refractivity contribution < 1.29 is 9.13 Å². The Morgan fingerprint density at radius 2 is 2.33 bits per heavy atom. The maximum Gasteiger partial charge on any atom is 0.122 e. The first-order valence-corrected chi connectivity index (χ1v) is 4.21. The summed E-state index contributed by atoms with van der Waals surface area (Å²) in [7, 11) is 0. The molecule has 0 fully saturated rings. The number of alkyl halides is 1. The fourth-order valence-electron chi connectivity index (χ4n) is 1.47. The highest BCUT2D eigenvalue weighted by atomic mass is 19.1. The maximum atomic E-state index is 12.2. The lowest BCUT2D eigenvalue weighted by Gasteiger charge is -2.17. The van der Waals surface area contributed by atoms with Gasteiger partial charge in [0.25, 0.3) is 0 Å². The average molecular weight is 166 g/mol. The minimum Gasteiger partial charge on any atom is -0.493 e. The van der Waals surface area contributed by atoms with Crippen molar-refractivity contribution >= 4 is 0 Å². The fourth-order valence-corrected chi connectivity index (χ4v) is 1.47. The van der Waals surface area contributed by atoms with Crippen molar-refractivity contribution in [3.8, 4) is 5.75 Å². The summed E-state index contributed by atoms with van der Waals surface area (Å²) in [6, 6.07) is 5.59. The van der Waals surface area contributed by atoms with Gasteiger partial charge in [0, 0.05) is 0 Å². The second-order valence-electron chi connectivity index (χ2n) is 3.03. The zero-order valence-electron chi connectivity index (χ0n) is 6.85. The van der Waals surface area contributed by atoms with Crippen LogP contribution in [0.4, 0.5) is 4.39 Å². The summed E-state index contributed by atoms with van der Waals surface area (Å²) in [4.78, 5) is 0. The van der Waals surface area contributed by atoms with Crippen LogP contribution in [0.25, 0.3) is 0 Å². The number of rotatable bonds is 1. The van der Waals surface area contributed by atoms with Gasteiger partial charge in [-0.2, -0.15) is 0 Å². The standard InChI is InChI=1S/C10H11FO/c11-7-8-3-4-9-2-1-5-12-10(9)6-8/h3-4,6H,1-2,5,7H2. The Morgan fingerprint density at radius 1 is 1.42 bits per heavy atom. The van der Waals surface area contributed by atoms with E-state index in [1.807, 2.05) is 12.1 Å². The number of fused-ring (bicyclic) bond motifs is 1. The van der Waals surface area contributed by atoms with Crippen molar-refractivity contribution in [1.82, 2.24) is 0 Å². The molecule has 0 saturated heterocycles. The van der Waals surface area contributed by atoms with Gasteiger partial charge in [-0.3, -0.25) is 0 Å². The van der Waals surface area contributed by atoms with Crippen LogP contribution in [0.15, 0.2) is 18.2 Å². The molecule has 0 atom stereocenters. The Labute approximate surface area is 71.2 Å². The lowest BCUT2D eigenvalue weighted by Crippen LogP contribution is -2.08. The average Bonchev–Trinajstić information content (AvgIpc) is 2.17. The molecule has 0 radical (unpaired) electrons. The molecular weight excluding hydrogens is 155 g/mol. The van der Waals surface area contributed by atoms with Gasteiger partial charge >= 0.3 is 0 Å². The normalized spacial score (nSPS) is 15.1. The Kier molecular flexibility index (Phi) is 1.98. The highest BCUT2D eigenvalue weighted by Gasteiger charge is 2.09. The van der Waals surface area contributed by atoms with Gasteiger partial charge < -0.3 is 4.74 Å². The van der Waals surface area contributed by atoms with E-state index in [1.54, 1.807) is 6.07 Å². The number of hydrogen-bond donors (Lipinski definition) is 0. The molecule has 0 N–H and O–H groups in total. The van der Waals surface area contributed by atoms with Crippen LogP contribution >= 0.6 is 0 Å². The molecule has 0 spiro atoms. The molecule has 1 nitrogen and oxygen atoms in total. The zero-order chi connectivity index (χ0) is 8.39. The molecule has 0 unspecified atom stereocenters. The lowest BCUT2D eigenvalue weighted by atomic mass is 10.0. The van der Waals surface area contributed by atoms with E-state index in [2.05, 4.69) is 0 Å². The van der Waals surface area contributed by atoms with Crippen LogP contribution in [-0.4, -0.2) is 6.61 Å². The van der Waals surface area contributed by atoms with Gasteiger partial charge in [-0.05, 0) is 30.0 Å². The van der Waals surface area contributed by atoms with Crippen LogP contribution in [0.3, 0.4) is 0 Å². The summed E-state index contributed by atoms with van der Waals surface area (Å²) in [6.07, 6.45) is 2.13. The van der Waals surface area contributed by atoms with Crippen LogP contribution in [-0.2, 0) is 13.1 Å². The lowest BCUT2D eigenvalue weighted by molar-refractivity contribution is 0.287. The summed E-state index contributed by atoms with van der Waals surface area (Å²) in [5.74, 6) is 0.872. The topological polar surface area (TPSA) is 9.23 Å². The van der Waals surface area contributed by atoms with E-state index in [9.17, 15) is 4.39 Å². The van der Waals surface area contributed by atoms with Gasteiger partial charge in [-0.25, -0.2) is 4.39 Å². The molecule has 2 rings (SSSR count). The first-order chi connectivity index (χ1) is 5.90. The molecule has 0 amide bonds.